The molecule has 0 unspecified atom stereocenters. The molecule has 0 fully saturated rings. The minimum Gasteiger partial charge on any atom is -0.485 e. The number of rotatable bonds is 3. The summed E-state index contributed by atoms with van der Waals surface area (Å²) in [6.07, 6.45) is 1.67. The molecule has 16 heavy (non-hydrogen) atoms. The fraction of sp³-hybridized carbons (Fsp3) is 0.0909. The second-order valence-corrected chi connectivity index (χ2v) is 3.92. The lowest BCUT2D eigenvalue weighted by Gasteiger charge is -2.05. The van der Waals surface area contributed by atoms with Crippen LogP contribution in [0.2, 0.25) is 0 Å². The van der Waals surface area contributed by atoms with Crippen LogP contribution in [-0.2, 0) is 6.61 Å². The highest BCUT2D eigenvalue weighted by Crippen LogP contribution is 2.21. The first-order valence-electron chi connectivity index (χ1n) is 4.51. The Morgan fingerprint density at radius 2 is 2.38 bits per heavy atom. The molecule has 80 valence electrons. The van der Waals surface area contributed by atoms with Crippen molar-refractivity contribution in [1.29, 1.82) is 5.26 Å². The van der Waals surface area contributed by atoms with Crippen LogP contribution in [-0.4, -0.2) is 4.98 Å². The molecule has 2 aromatic rings. The van der Waals surface area contributed by atoms with Gasteiger partial charge in [0.25, 0.3) is 0 Å². The minimum absolute atomic E-state index is 0.0703. The molecular weight excluding hydrogens is 227 g/mol. The molecule has 0 aliphatic carbocycles. The smallest absolute Gasteiger partial charge is 0.144 e. The summed E-state index contributed by atoms with van der Waals surface area (Å²) in [6.45, 7) is 0.246. The molecule has 0 saturated heterocycles. The molecule has 0 saturated carbocycles. The first kappa shape index (κ1) is 10.6. The van der Waals surface area contributed by atoms with Gasteiger partial charge >= 0.3 is 0 Å². The van der Waals surface area contributed by atoms with Gasteiger partial charge in [-0.2, -0.15) is 5.26 Å². The van der Waals surface area contributed by atoms with Crippen LogP contribution in [0.4, 0.5) is 4.39 Å². The molecule has 0 aliphatic heterocycles. The maximum atomic E-state index is 13.2. The Hall–Kier alpha value is -1.93. The Kier molecular flexibility index (Phi) is 3.13. The first-order chi connectivity index (χ1) is 7.81. The number of thiazole rings is 1. The molecular formula is C11H7FN2OS. The molecule has 0 amide bonds. The van der Waals surface area contributed by atoms with Gasteiger partial charge in [-0.3, -0.25) is 0 Å². The van der Waals surface area contributed by atoms with E-state index in [1.54, 1.807) is 18.3 Å². The second kappa shape index (κ2) is 4.73. The van der Waals surface area contributed by atoms with Crippen molar-refractivity contribution in [2.45, 2.75) is 6.61 Å². The van der Waals surface area contributed by atoms with Gasteiger partial charge in [-0.25, -0.2) is 9.37 Å². The maximum Gasteiger partial charge on any atom is 0.144 e. The highest BCUT2D eigenvalue weighted by Gasteiger charge is 2.09. The highest BCUT2D eigenvalue weighted by molar-refractivity contribution is 7.09. The monoisotopic (exact) mass is 234 g/mol. The van der Waals surface area contributed by atoms with E-state index in [4.69, 9.17) is 10.00 Å². The van der Waals surface area contributed by atoms with Gasteiger partial charge in [-0.15, -0.1) is 11.3 Å². The van der Waals surface area contributed by atoms with Gasteiger partial charge in [0.05, 0.1) is 0 Å². The van der Waals surface area contributed by atoms with Crippen LogP contribution < -0.4 is 4.74 Å². The number of halogens is 1. The summed E-state index contributed by atoms with van der Waals surface area (Å²) in [7, 11) is 0. The van der Waals surface area contributed by atoms with Crippen LogP contribution in [0.25, 0.3) is 0 Å². The van der Waals surface area contributed by atoms with Gasteiger partial charge in [0, 0.05) is 11.6 Å². The summed E-state index contributed by atoms with van der Waals surface area (Å²) in [5.41, 5.74) is -0.0703. The fourth-order valence-electron chi connectivity index (χ4n) is 1.20. The molecule has 1 aromatic carbocycles. The van der Waals surface area contributed by atoms with E-state index >= 15 is 0 Å². The molecule has 1 aromatic heterocycles. The summed E-state index contributed by atoms with van der Waals surface area (Å²) < 4.78 is 18.5. The van der Waals surface area contributed by atoms with Crippen molar-refractivity contribution in [3.8, 4) is 11.8 Å². The van der Waals surface area contributed by atoms with E-state index in [9.17, 15) is 4.39 Å². The Morgan fingerprint density at radius 1 is 1.50 bits per heavy atom. The number of benzene rings is 1. The third-order valence-electron chi connectivity index (χ3n) is 1.92. The number of aromatic nitrogens is 1. The van der Waals surface area contributed by atoms with Gasteiger partial charge in [-0.1, -0.05) is 6.07 Å². The third-order valence-corrected chi connectivity index (χ3v) is 2.67. The van der Waals surface area contributed by atoms with Crippen molar-refractivity contribution in [3.05, 3.63) is 46.2 Å². The summed E-state index contributed by atoms with van der Waals surface area (Å²) in [4.78, 5) is 4.03. The van der Waals surface area contributed by atoms with Crippen LogP contribution in [0, 0.1) is 17.1 Å². The van der Waals surface area contributed by atoms with Crippen LogP contribution in [0.1, 0.15) is 10.6 Å². The summed E-state index contributed by atoms with van der Waals surface area (Å²) in [6, 6.07) is 6.08. The van der Waals surface area contributed by atoms with Crippen molar-refractivity contribution in [2.24, 2.45) is 0 Å². The zero-order chi connectivity index (χ0) is 11.4. The molecule has 0 atom stereocenters. The number of nitrogens with zero attached hydrogens (tertiary/aromatic N) is 2. The average Bonchev–Trinajstić information content (AvgIpc) is 2.79. The highest BCUT2D eigenvalue weighted by atomic mass is 32.1. The minimum atomic E-state index is -0.570. The zero-order valence-corrected chi connectivity index (χ0v) is 9.00. The quantitative estimate of drug-likeness (QED) is 0.820. The Balaban J connectivity index is 2.16. The summed E-state index contributed by atoms with van der Waals surface area (Å²) >= 11 is 1.45. The Labute approximate surface area is 95.8 Å². The van der Waals surface area contributed by atoms with E-state index in [1.807, 2.05) is 5.38 Å². The number of nitriles is 1. The van der Waals surface area contributed by atoms with Crippen molar-refractivity contribution in [2.75, 3.05) is 0 Å². The first-order valence-corrected chi connectivity index (χ1v) is 5.39. The van der Waals surface area contributed by atoms with E-state index in [0.717, 1.165) is 5.01 Å². The molecule has 0 aliphatic rings. The van der Waals surface area contributed by atoms with Crippen molar-refractivity contribution in [1.82, 2.24) is 4.98 Å². The lowest BCUT2D eigenvalue weighted by Crippen LogP contribution is -1.98. The van der Waals surface area contributed by atoms with Crippen molar-refractivity contribution < 1.29 is 9.13 Å². The van der Waals surface area contributed by atoms with Gasteiger partial charge in [0.2, 0.25) is 0 Å². The topological polar surface area (TPSA) is 45.9 Å². The van der Waals surface area contributed by atoms with E-state index in [-0.39, 0.29) is 17.9 Å². The molecule has 0 radical (unpaired) electrons. The van der Waals surface area contributed by atoms with E-state index < -0.39 is 5.82 Å². The molecule has 0 N–H and O–H groups in total. The average molecular weight is 234 g/mol. The number of ether oxygens (including phenoxy) is 1. The van der Waals surface area contributed by atoms with Crippen LogP contribution in [0.3, 0.4) is 0 Å². The van der Waals surface area contributed by atoms with Crippen LogP contribution >= 0.6 is 11.3 Å². The Morgan fingerprint density at radius 3 is 3.06 bits per heavy atom. The predicted molar refractivity (Wildman–Crippen MR) is 57.6 cm³/mol. The van der Waals surface area contributed by atoms with E-state index in [1.165, 1.54) is 23.5 Å². The summed E-state index contributed by atoms with van der Waals surface area (Å²) in [5, 5.41) is 11.4. The van der Waals surface area contributed by atoms with Gasteiger partial charge in [0.15, 0.2) is 0 Å². The molecule has 0 bridgehead atoms. The number of hydrogen-bond acceptors (Lipinski definition) is 4. The largest absolute Gasteiger partial charge is 0.485 e. The van der Waals surface area contributed by atoms with Crippen molar-refractivity contribution >= 4 is 11.3 Å². The molecule has 5 heteroatoms. The Bertz CT molecular complexity index is 519. The van der Waals surface area contributed by atoms with Crippen LogP contribution in [0.15, 0.2) is 29.8 Å². The predicted octanol–water partition coefficient (Wildman–Crippen LogP) is 2.73. The van der Waals surface area contributed by atoms with Gasteiger partial charge in [-0.05, 0) is 12.1 Å². The molecule has 2 rings (SSSR count). The van der Waals surface area contributed by atoms with Crippen LogP contribution in [0.5, 0.6) is 5.75 Å². The van der Waals surface area contributed by atoms with E-state index in [2.05, 4.69) is 4.98 Å². The van der Waals surface area contributed by atoms with E-state index in [0.29, 0.717) is 0 Å². The fourth-order valence-corrected chi connectivity index (χ4v) is 1.72. The third kappa shape index (κ3) is 2.18. The number of hydrogen-bond donors (Lipinski definition) is 0. The normalized spacial score (nSPS) is 9.75. The van der Waals surface area contributed by atoms with Gasteiger partial charge in [0.1, 0.15) is 34.8 Å². The molecule has 3 nitrogen and oxygen atoms in total. The SMILES string of the molecule is N#Cc1c(F)cccc1OCc1nccs1. The summed E-state index contributed by atoms with van der Waals surface area (Å²) in [5.74, 6) is -0.322. The molecule has 1 heterocycles. The standard InChI is InChI=1S/C11H7FN2OS/c12-9-2-1-3-10(8(9)6-13)15-7-11-14-4-5-16-11/h1-5H,7H2. The lowest BCUT2D eigenvalue weighted by atomic mass is 10.2. The maximum absolute atomic E-state index is 13.2. The lowest BCUT2D eigenvalue weighted by molar-refractivity contribution is 0.303. The zero-order valence-electron chi connectivity index (χ0n) is 8.18. The molecule has 0 spiro atoms. The van der Waals surface area contributed by atoms with Crippen molar-refractivity contribution in [3.63, 3.8) is 0 Å². The van der Waals surface area contributed by atoms with Gasteiger partial charge < -0.3 is 4.74 Å². The second-order valence-electron chi connectivity index (χ2n) is 2.94.